The highest BCUT2D eigenvalue weighted by molar-refractivity contribution is 5.73. The van der Waals surface area contributed by atoms with Crippen molar-refractivity contribution in [3.8, 4) is 0 Å². The Kier molecular flexibility index (Phi) is 9.28. The van der Waals surface area contributed by atoms with E-state index in [-0.39, 0.29) is 23.2 Å². The second-order valence-corrected chi connectivity index (χ2v) is 12.1. The van der Waals surface area contributed by atoms with Gasteiger partial charge in [0, 0.05) is 31.1 Å². The number of carboxylic acid groups (broad SMARTS) is 1. The minimum absolute atomic E-state index is 0.109. The van der Waals surface area contributed by atoms with Gasteiger partial charge in [0.05, 0.1) is 0 Å². The third-order valence-corrected chi connectivity index (χ3v) is 9.55. The van der Waals surface area contributed by atoms with Crippen LogP contribution in [-0.4, -0.2) is 59.6 Å². The number of carbonyl (C=O) groups is 1. The first-order valence-corrected chi connectivity index (χ1v) is 14.7. The molecule has 1 saturated carbocycles. The molecule has 3 atom stereocenters. The van der Waals surface area contributed by atoms with Crippen molar-refractivity contribution in [2.24, 2.45) is 17.8 Å². The highest BCUT2D eigenvalue weighted by atomic mass is 19.1. The zero-order valence-corrected chi connectivity index (χ0v) is 22.7. The molecule has 2 aliphatic heterocycles. The summed E-state index contributed by atoms with van der Waals surface area (Å²) in [7, 11) is 0. The third kappa shape index (κ3) is 7.04. The maximum absolute atomic E-state index is 14.2. The molecule has 0 spiro atoms. The average molecular weight is 543 g/mol. The van der Waals surface area contributed by atoms with Crippen LogP contribution in [0.5, 0.6) is 0 Å². The molecule has 39 heavy (non-hydrogen) atoms. The summed E-state index contributed by atoms with van der Waals surface area (Å²) in [6.07, 6.45) is 8.43. The number of nitrogens with zero attached hydrogens (tertiary/aromatic N) is 2. The summed E-state index contributed by atoms with van der Waals surface area (Å²) in [4.78, 5) is 16.9. The van der Waals surface area contributed by atoms with Gasteiger partial charge in [-0.05, 0) is 92.8 Å². The van der Waals surface area contributed by atoms with E-state index in [1.165, 1.54) is 30.7 Å². The first kappa shape index (κ1) is 28.2. The van der Waals surface area contributed by atoms with Crippen LogP contribution in [0.4, 0.5) is 13.2 Å². The molecular weight excluding hydrogens is 501 g/mol. The molecule has 0 aromatic heterocycles. The van der Waals surface area contributed by atoms with E-state index in [9.17, 15) is 23.1 Å². The Morgan fingerprint density at radius 3 is 2.31 bits per heavy atom. The molecule has 2 unspecified atom stereocenters. The van der Waals surface area contributed by atoms with E-state index < -0.39 is 23.6 Å². The number of rotatable bonds is 11. The summed E-state index contributed by atoms with van der Waals surface area (Å²) in [5, 5.41) is 10.1. The van der Waals surface area contributed by atoms with E-state index in [4.69, 9.17) is 0 Å². The largest absolute Gasteiger partial charge is 0.480 e. The smallest absolute Gasteiger partial charge is 0.320 e. The Labute approximate surface area is 230 Å². The Morgan fingerprint density at radius 1 is 0.949 bits per heavy atom. The van der Waals surface area contributed by atoms with Crippen LogP contribution in [0.25, 0.3) is 0 Å². The fourth-order valence-corrected chi connectivity index (χ4v) is 7.04. The van der Waals surface area contributed by atoms with Crippen molar-refractivity contribution in [3.63, 3.8) is 0 Å². The molecule has 2 aromatic rings. The molecule has 4 nitrogen and oxygen atoms in total. The minimum atomic E-state index is -0.739. The first-order chi connectivity index (χ1) is 18.9. The molecule has 3 aliphatic rings. The molecule has 2 saturated heterocycles. The molecule has 3 fully saturated rings. The summed E-state index contributed by atoms with van der Waals surface area (Å²) in [5.41, 5.74) is 1.16. The number of hydrogen-bond donors (Lipinski definition) is 1. The Morgan fingerprint density at radius 2 is 1.67 bits per heavy atom. The maximum Gasteiger partial charge on any atom is 0.320 e. The van der Waals surface area contributed by atoms with Gasteiger partial charge in [-0.15, -0.1) is 0 Å². The normalized spacial score (nSPS) is 24.1. The Balaban J connectivity index is 1.17. The number of aliphatic carboxylic acids is 1. The van der Waals surface area contributed by atoms with Crippen LogP contribution < -0.4 is 0 Å². The lowest BCUT2D eigenvalue weighted by Gasteiger charge is -2.35. The molecular formula is C32H41F3N2O2. The highest BCUT2D eigenvalue weighted by Gasteiger charge is 2.41. The molecule has 2 heterocycles. The first-order valence-electron chi connectivity index (χ1n) is 14.7. The predicted molar refractivity (Wildman–Crippen MR) is 146 cm³/mol. The molecule has 212 valence electrons. The molecule has 1 aliphatic carbocycles. The lowest BCUT2D eigenvalue weighted by molar-refractivity contribution is -0.144. The van der Waals surface area contributed by atoms with Crippen molar-refractivity contribution in [2.75, 3.05) is 32.7 Å². The quantitative estimate of drug-likeness (QED) is 0.352. The van der Waals surface area contributed by atoms with Gasteiger partial charge < -0.3 is 10.0 Å². The van der Waals surface area contributed by atoms with Gasteiger partial charge in [0.2, 0.25) is 0 Å². The zero-order valence-electron chi connectivity index (χ0n) is 22.7. The van der Waals surface area contributed by atoms with Crippen molar-refractivity contribution >= 4 is 5.97 Å². The van der Waals surface area contributed by atoms with Crippen LogP contribution in [0.2, 0.25) is 0 Å². The van der Waals surface area contributed by atoms with E-state index >= 15 is 0 Å². The van der Waals surface area contributed by atoms with Gasteiger partial charge in [0.25, 0.3) is 0 Å². The van der Waals surface area contributed by atoms with Crippen molar-refractivity contribution in [2.45, 2.75) is 69.7 Å². The summed E-state index contributed by atoms with van der Waals surface area (Å²) >= 11 is 0. The van der Waals surface area contributed by atoms with Crippen LogP contribution in [0, 0.1) is 35.2 Å². The number of halogens is 3. The van der Waals surface area contributed by atoms with E-state index in [1.807, 2.05) is 6.07 Å². The summed E-state index contributed by atoms with van der Waals surface area (Å²) in [5.74, 6) is -0.488. The molecule has 7 heteroatoms. The molecule has 0 bridgehead atoms. The van der Waals surface area contributed by atoms with Crippen LogP contribution in [0.1, 0.15) is 68.4 Å². The standard InChI is InChI=1S/C32H41F3N2O2/c33-26-9-3-8-24(18-26)28-21-37(31(32(38)39)17-23-6-1-7-23)20-25(28)19-36-15-13-22(14-16-36)5-2-10-27-29(34)11-4-12-30(27)35/h3-4,8-9,11-12,18,22-23,25,28,31H,1-2,5-7,10,13-17,19-21H2,(H,38,39)/t25?,28?,31-/m1/s1. The van der Waals surface area contributed by atoms with Crippen molar-refractivity contribution in [1.29, 1.82) is 0 Å². The number of likely N-dealkylation sites (tertiary alicyclic amines) is 2. The van der Waals surface area contributed by atoms with E-state index in [2.05, 4.69) is 9.80 Å². The molecule has 1 N–H and O–H groups in total. The number of carboxylic acids is 1. The monoisotopic (exact) mass is 542 g/mol. The fourth-order valence-electron chi connectivity index (χ4n) is 7.04. The van der Waals surface area contributed by atoms with Gasteiger partial charge >= 0.3 is 5.97 Å². The maximum atomic E-state index is 14.2. The van der Waals surface area contributed by atoms with E-state index in [0.29, 0.717) is 31.2 Å². The van der Waals surface area contributed by atoms with Crippen molar-refractivity contribution in [3.05, 3.63) is 71.0 Å². The number of hydrogen-bond acceptors (Lipinski definition) is 3. The SMILES string of the molecule is O=C(O)[C@@H](CC1CCC1)N1CC(CN2CCC(CCCc3c(F)cccc3F)CC2)C(c2cccc(F)c2)C1. The second-order valence-electron chi connectivity index (χ2n) is 12.1. The summed E-state index contributed by atoms with van der Waals surface area (Å²) < 4.78 is 42.0. The number of piperidine rings is 1. The molecule has 0 amide bonds. The van der Waals surface area contributed by atoms with Crippen LogP contribution in [0.15, 0.2) is 42.5 Å². The topological polar surface area (TPSA) is 43.8 Å². The van der Waals surface area contributed by atoms with Crippen LogP contribution in [0.3, 0.4) is 0 Å². The molecule has 0 radical (unpaired) electrons. The lowest BCUT2D eigenvalue weighted by Crippen LogP contribution is -2.43. The average Bonchev–Trinajstić information content (AvgIpc) is 3.29. The Hall–Kier alpha value is -2.38. The van der Waals surface area contributed by atoms with Crippen molar-refractivity contribution < 1.29 is 23.1 Å². The summed E-state index contributed by atoms with van der Waals surface area (Å²) in [6.45, 7) is 4.19. The van der Waals surface area contributed by atoms with E-state index in [0.717, 1.165) is 70.3 Å². The second kappa shape index (κ2) is 12.9. The fraction of sp³-hybridized carbons (Fsp3) is 0.594. The summed E-state index contributed by atoms with van der Waals surface area (Å²) in [6, 6.07) is 10.4. The van der Waals surface area contributed by atoms with Gasteiger partial charge in [-0.3, -0.25) is 9.69 Å². The van der Waals surface area contributed by atoms with Crippen molar-refractivity contribution in [1.82, 2.24) is 9.80 Å². The third-order valence-electron chi connectivity index (χ3n) is 9.55. The van der Waals surface area contributed by atoms with E-state index in [1.54, 1.807) is 12.1 Å². The highest BCUT2D eigenvalue weighted by Crippen LogP contribution is 2.38. The Bertz CT molecular complexity index is 1100. The van der Waals surface area contributed by atoms with Gasteiger partial charge in [-0.25, -0.2) is 13.2 Å². The predicted octanol–water partition coefficient (Wildman–Crippen LogP) is 6.50. The number of benzene rings is 2. The minimum Gasteiger partial charge on any atom is -0.480 e. The van der Waals surface area contributed by atoms with Gasteiger partial charge in [0.15, 0.2) is 0 Å². The lowest BCUT2D eigenvalue weighted by atomic mass is 9.80. The van der Waals surface area contributed by atoms with Crippen LogP contribution >= 0.6 is 0 Å². The van der Waals surface area contributed by atoms with Gasteiger partial charge in [-0.1, -0.05) is 43.9 Å². The zero-order chi connectivity index (χ0) is 27.4. The van der Waals surface area contributed by atoms with Gasteiger partial charge in [0.1, 0.15) is 23.5 Å². The van der Waals surface area contributed by atoms with Gasteiger partial charge in [-0.2, -0.15) is 0 Å². The molecule has 2 aromatic carbocycles. The molecule has 5 rings (SSSR count). The van der Waals surface area contributed by atoms with Crippen LogP contribution in [-0.2, 0) is 11.2 Å².